The molecule has 0 spiro atoms. The first-order valence-corrected chi connectivity index (χ1v) is 10.7. The van der Waals surface area contributed by atoms with Gasteiger partial charge in [-0.25, -0.2) is 0 Å². The molecule has 136 valence electrons. The standard InChI is InChI=1S/C19H19BrClN3OS/c1-3-12-10-26-19-23-16(15-6-4-5-7-22-15)17(24(12)19)13-8-11(21)9-14(20)18(13)25-2/h4-9,12,16-17H,3,10H2,1-2H3/t12-,16+,17-/m1/s1. The van der Waals surface area contributed by atoms with E-state index in [1.54, 1.807) is 7.11 Å². The summed E-state index contributed by atoms with van der Waals surface area (Å²) in [5.41, 5.74) is 2.01. The van der Waals surface area contributed by atoms with E-state index < -0.39 is 0 Å². The second-order valence-corrected chi connectivity index (χ2v) is 8.62. The van der Waals surface area contributed by atoms with Gasteiger partial charge in [0, 0.05) is 28.6 Å². The number of aromatic nitrogens is 1. The second kappa shape index (κ2) is 7.41. The van der Waals surface area contributed by atoms with Gasteiger partial charge in [0.1, 0.15) is 11.8 Å². The Bertz CT molecular complexity index is 848. The maximum atomic E-state index is 6.40. The molecule has 1 aromatic heterocycles. The molecule has 1 saturated heterocycles. The summed E-state index contributed by atoms with van der Waals surface area (Å²) in [6.07, 6.45) is 2.90. The van der Waals surface area contributed by atoms with E-state index in [1.807, 2.05) is 48.3 Å². The number of thioether (sulfide) groups is 1. The summed E-state index contributed by atoms with van der Waals surface area (Å²) in [7, 11) is 1.69. The minimum Gasteiger partial charge on any atom is -0.495 e. The topological polar surface area (TPSA) is 37.7 Å². The number of ether oxygens (including phenoxy) is 1. The molecular weight excluding hydrogens is 434 g/mol. The lowest BCUT2D eigenvalue weighted by Crippen LogP contribution is -2.35. The van der Waals surface area contributed by atoms with Crippen LogP contribution in [-0.2, 0) is 0 Å². The normalized spacial score (nSPS) is 24.5. The Labute approximate surface area is 171 Å². The van der Waals surface area contributed by atoms with Crippen molar-refractivity contribution < 1.29 is 4.74 Å². The van der Waals surface area contributed by atoms with Crippen molar-refractivity contribution in [2.24, 2.45) is 4.99 Å². The molecule has 4 rings (SSSR count). The van der Waals surface area contributed by atoms with Crippen LogP contribution in [-0.4, -0.2) is 34.0 Å². The second-order valence-electron chi connectivity index (χ2n) is 6.35. The van der Waals surface area contributed by atoms with Crippen LogP contribution in [0.15, 0.2) is 46.0 Å². The maximum absolute atomic E-state index is 6.40. The van der Waals surface area contributed by atoms with Gasteiger partial charge in [-0.15, -0.1) is 0 Å². The number of fused-ring (bicyclic) bond motifs is 1. The third-order valence-corrected chi connectivity index (χ3v) is 6.82. The number of aliphatic imine (C=N–C) groups is 1. The largest absolute Gasteiger partial charge is 0.495 e. The zero-order chi connectivity index (χ0) is 18.3. The van der Waals surface area contributed by atoms with Gasteiger partial charge >= 0.3 is 0 Å². The fourth-order valence-corrected chi connectivity index (χ4v) is 6.04. The van der Waals surface area contributed by atoms with Crippen molar-refractivity contribution in [2.75, 3.05) is 12.9 Å². The number of nitrogens with zero attached hydrogens (tertiary/aromatic N) is 3. The van der Waals surface area contributed by atoms with E-state index in [0.717, 1.165) is 38.8 Å². The Kier molecular flexibility index (Phi) is 5.17. The van der Waals surface area contributed by atoms with Crippen LogP contribution in [0.3, 0.4) is 0 Å². The van der Waals surface area contributed by atoms with Gasteiger partial charge in [-0.1, -0.05) is 36.4 Å². The van der Waals surface area contributed by atoms with E-state index in [0.29, 0.717) is 11.1 Å². The van der Waals surface area contributed by atoms with Crippen molar-refractivity contribution in [3.8, 4) is 5.75 Å². The lowest BCUT2D eigenvalue weighted by atomic mass is 9.94. The molecule has 2 aliphatic heterocycles. The van der Waals surface area contributed by atoms with Crippen LogP contribution in [0.5, 0.6) is 5.75 Å². The summed E-state index contributed by atoms with van der Waals surface area (Å²) in [5.74, 6) is 1.87. The Hall–Kier alpha value is -1.24. The van der Waals surface area contributed by atoms with Crippen LogP contribution in [0.2, 0.25) is 5.02 Å². The molecule has 1 aromatic carbocycles. The van der Waals surface area contributed by atoms with Gasteiger partial charge in [-0.2, -0.15) is 0 Å². The predicted octanol–water partition coefficient (Wildman–Crippen LogP) is 5.49. The summed E-state index contributed by atoms with van der Waals surface area (Å²) in [4.78, 5) is 12.1. The van der Waals surface area contributed by atoms with Gasteiger partial charge in [-0.3, -0.25) is 9.98 Å². The lowest BCUT2D eigenvalue weighted by Gasteiger charge is -2.33. The monoisotopic (exact) mass is 451 g/mol. The quantitative estimate of drug-likeness (QED) is 0.615. The van der Waals surface area contributed by atoms with Crippen molar-refractivity contribution in [1.82, 2.24) is 9.88 Å². The Morgan fingerprint density at radius 2 is 2.23 bits per heavy atom. The SMILES string of the molecule is CC[C@@H]1CSC2=N[C@@H](c3ccccn3)[C@@H](c3cc(Cl)cc(Br)c3OC)N21. The molecule has 0 unspecified atom stereocenters. The van der Waals surface area contributed by atoms with Crippen molar-refractivity contribution in [3.05, 3.63) is 57.3 Å². The molecule has 0 saturated carbocycles. The Balaban J connectivity index is 1.88. The first kappa shape index (κ1) is 18.1. The van der Waals surface area contributed by atoms with E-state index in [2.05, 4.69) is 32.7 Å². The van der Waals surface area contributed by atoms with Crippen LogP contribution in [0.4, 0.5) is 0 Å². The van der Waals surface area contributed by atoms with Crippen LogP contribution >= 0.6 is 39.3 Å². The number of hydrogen-bond donors (Lipinski definition) is 0. The minimum atomic E-state index is -0.0766. The van der Waals surface area contributed by atoms with Crippen LogP contribution < -0.4 is 4.74 Å². The highest BCUT2D eigenvalue weighted by molar-refractivity contribution is 9.10. The van der Waals surface area contributed by atoms with Gasteiger partial charge in [0.05, 0.1) is 23.3 Å². The van der Waals surface area contributed by atoms with E-state index in [4.69, 9.17) is 21.3 Å². The zero-order valence-corrected chi connectivity index (χ0v) is 17.7. The molecule has 3 heterocycles. The third-order valence-electron chi connectivity index (χ3n) is 4.89. The van der Waals surface area contributed by atoms with Gasteiger partial charge in [0.25, 0.3) is 0 Å². The molecule has 0 bridgehead atoms. The highest BCUT2D eigenvalue weighted by Gasteiger charge is 2.46. The summed E-state index contributed by atoms with van der Waals surface area (Å²) in [5, 5.41) is 1.77. The number of halogens is 2. The van der Waals surface area contributed by atoms with E-state index in [-0.39, 0.29) is 12.1 Å². The first-order chi connectivity index (χ1) is 12.6. The average Bonchev–Trinajstić information content (AvgIpc) is 3.20. The Morgan fingerprint density at radius 3 is 2.92 bits per heavy atom. The fraction of sp³-hybridized carbons (Fsp3) is 0.368. The van der Waals surface area contributed by atoms with Crippen LogP contribution in [0.25, 0.3) is 0 Å². The molecule has 7 heteroatoms. The van der Waals surface area contributed by atoms with E-state index in [1.165, 1.54) is 0 Å². The van der Waals surface area contributed by atoms with Crippen LogP contribution in [0.1, 0.15) is 36.7 Å². The van der Waals surface area contributed by atoms with Crippen molar-refractivity contribution in [1.29, 1.82) is 0 Å². The number of pyridine rings is 1. The molecule has 4 nitrogen and oxygen atoms in total. The first-order valence-electron chi connectivity index (χ1n) is 8.56. The lowest BCUT2D eigenvalue weighted by molar-refractivity contribution is 0.249. The molecule has 3 atom stereocenters. The number of rotatable bonds is 4. The van der Waals surface area contributed by atoms with Crippen LogP contribution in [0, 0.1) is 0 Å². The van der Waals surface area contributed by atoms with Crippen molar-refractivity contribution >= 4 is 44.5 Å². The third kappa shape index (κ3) is 3.02. The van der Waals surface area contributed by atoms with Gasteiger partial charge in [0.2, 0.25) is 0 Å². The predicted molar refractivity (Wildman–Crippen MR) is 111 cm³/mol. The maximum Gasteiger partial charge on any atom is 0.160 e. The summed E-state index contributed by atoms with van der Waals surface area (Å²) in [6, 6.07) is 10.2. The molecule has 2 aromatic rings. The molecule has 1 fully saturated rings. The minimum absolute atomic E-state index is 0.0183. The zero-order valence-electron chi connectivity index (χ0n) is 14.5. The number of benzene rings is 1. The smallest absolute Gasteiger partial charge is 0.160 e. The summed E-state index contributed by atoms with van der Waals surface area (Å²) >= 11 is 11.8. The summed E-state index contributed by atoms with van der Waals surface area (Å²) < 4.78 is 6.59. The van der Waals surface area contributed by atoms with Gasteiger partial charge in [-0.05, 0) is 46.6 Å². The average molecular weight is 453 g/mol. The molecule has 0 aliphatic carbocycles. The molecule has 0 N–H and O–H groups in total. The number of methoxy groups -OCH3 is 1. The molecular formula is C19H19BrClN3OS. The summed E-state index contributed by atoms with van der Waals surface area (Å²) in [6.45, 7) is 2.23. The van der Waals surface area contributed by atoms with Crippen molar-refractivity contribution in [2.45, 2.75) is 31.5 Å². The van der Waals surface area contributed by atoms with E-state index >= 15 is 0 Å². The number of hydrogen-bond acceptors (Lipinski definition) is 5. The molecule has 26 heavy (non-hydrogen) atoms. The van der Waals surface area contributed by atoms with Gasteiger partial charge in [0.15, 0.2) is 5.17 Å². The Morgan fingerprint density at radius 1 is 1.38 bits per heavy atom. The van der Waals surface area contributed by atoms with E-state index in [9.17, 15) is 0 Å². The fourth-order valence-electron chi connectivity index (χ4n) is 3.70. The van der Waals surface area contributed by atoms with Gasteiger partial charge < -0.3 is 9.64 Å². The molecule has 0 amide bonds. The highest BCUT2D eigenvalue weighted by atomic mass is 79.9. The molecule has 2 aliphatic rings. The highest BCUT2D eigenvalue weighted by Crippen LogP contribution is 2.52. The number of amidine groups is 1. The van der Waals surface area contributed by atoms with Crippen molar-refractivity contribution in [3.63, 3.8) is 0 Å². The molecule has 0 radical (unpaired) electrons.